The number of fused-ring (bicyclic) bond motifs is 4. The highest BCUT2D eigenvalue weighted by molar-refractivity contribution is 4.98. The third kappa shape index (κ3) is 1.22. The van der Waals surface area contributed by atoms with E-state index in [9.17, 15) is 0 Å². The summed E-state index contributed by atoms with van der Waals surface area (Å²) in [4.78, 5) is 10.2. The molecule has 0 saturated carbocycles. The quantitative estimate of drug-likeness (QED) is 0.377. The molecule has 2 heterocycles. The van der Waals surface area contributed by atoms with Gasteiger partial charge in [-0.2, -0.15) is 0 Å². The first-order valence-corrected chi connectivity index (χ1v) is 3.95. The smallest absolute Gasteiger partial charge is 0.111 e. The van der Waals surface area contributed by atoms with Crippen LogP contribution in [0.5, 0.6) is 0 Å². The summed E-state index contributed by atoms with van der Waals surface area (Å²) in [6.07, 6.45) is 9.48. The van der Waals surface area contributed by atoms with Crippen molar-refractivity contribution in [1.82, 2.24) is 0 Å². The van der Waals surface area contributed by atoms with Gasteiger partial charge >= 0.3 is 0 Å². The Kier molecular flexibility index (Phi) is 1.74. The fourth-order valence-electron chi connectivity index (χ4n) is 1.43. The molecule has 0 spiro atoms. The molecule has 1 saturated heterocycles. The van der Waals surface area contributed by atoms with Crippen molar-refractivity contribution in [2.24, 2.45) is 0 Å². The molecule has 3 rings (SSSR count). The number of hydrogen-bond donors (Lipinski definition) is 0. The van der Waals surface area contributed by atoms with E-state index in [0.717, 1.165) is 12.8 Å². The van der Waals surface area contributed by atoms with Crippen LogP contribution in [0.15, 0.2) is 12.2 Å². The molecule has 1 fully saturated rings. The lowest BCUT2D eigenvalue weighted by Crippen LogP contribution is -2.24. The van der Waals surface area contributed by atoms with Crippen molar-refractivity contribution < 1.29 is 9.78 Å². The zero-order chi connectivity index (χ0) is 6.81. The summed E-state index contributed by atoms with van der Waals surface area (Å²) in [5.74, 6) is 0. The van der Waals surface area contributed by atoms with Gasteiger partial charge in [-0.3, -0.25) is 0 Å². The predicted octanol–water partition coefficient (Wildman–Crippen LogP) is 1.82. The Morgan fingerprint density at radius 1 is 0.900 bits per heavy atom. The first kappa shape index (κ1) is 6.38. The molecule has 2 atom stereocenters. The molecular formula is C8H12O2. The first-order chi connectivity index (χ1) is 4.95. The molecular weight excluding hydrogens is 128 g/mol. The lowest BCUT2D eigenvalue weighted by atomic mass is 10.0. The molecule has 0 N–H and O–H groups in total. The maximum absolute atomic E-state index is 5.10. The van der Waals surface area contributed by atoms with Crippen LogP contribution in [0.25, 0.3) is 0 Å². The standard InChI is InChI=1S/C8H12O2/c1-2-4-8-6-5-7(3-1)9-10-8/h5-8H,1-4H2/t7-,8-/m1/s1. The van der Waals surface area contributed by atoms with Gasteiger partial charge in [-0.25, -0.2) is 9.78 Å². The van der Waals surface area contributed by atoms with Gasteiger partial charge in [-0.05, 0) is 12.8 Å². The summed E-state index contributed by atoms with van der Waals surface area (Å²) in [6, 6.07) is 0. The molecule has 1 aliphatic carbocycles. The zero-order valence-corrected chi connectivity index (χ0v) is 5.95. The van der Waals surface area contributed by atoms with Crippen LogP contribution in [0.3, 0.4) is 0 Å². The van der Waals surface area contributed by atoms with Gasteiger partial charge in [0.25, 0.3) is 0 Å². The van der Waals surface area contributed by atoms with E-state index >= 15 is 0 Å². The molecule has 0 aromatic carbocycles. The second-order valence-electron chi connectivity index (χ2n) is 2.94. The summed E-state index contributed by atoms with van der Waals surface area (Å²) >= 11 is 0. The van der Waals surface area contributed by atoms with Crippen LogP contribution in [0.1, 0.15) is 25.7 Å². The third-order valence-electron chi connectivity index (χ3n) is 2.07. The Balaban J connectivity index is 2.07. The Hall–Kier alpha value is -0.340. The SMILES string of the molecule is C1=C[C@H]2CCCC[C@H]1OO2. The van der Waals surface area contributed by atoms with Gasteiger partial charge in [0.05, 0.1) is 0 Å². The van der Waals surface area contributed by atoms with E-state index in [1.807, 2.05) is 0 Å². The minimum absolute atomic E-state index is 0.233. The summed E-state index contributed by atoms with van der Waals surface area (Å²) in [5.41, 5.74) is 0. The van der Waals surface area contributed by atoms with Crippen molar-refractivity contribution in [3.05, 3.63) is 12.2 Å². The second-order valence-corrected chi connectivity index (χ2v) is 2.94. The van der Waals surface area contributed by atoms with E-state index in [2.05, 4.69) is 12.2 Å². The minimum atomic E-state index is 0.233. The molecule has 3 aliphatic rings. The van der Waals surface area contributed by atoms with Crippen LogP contribution in [0, 0.1) is 0 Å². The van der Waals surface area contributed by atoms with Crippen molar-refractivity contribution in [3.63, 3.8) is 0 Å². The largest absolute Gasteiger partial charge is 0.229 e. The molecule has 10 heavy (non-hydrogen) atoms. The molecule has 2 bridgehead atoms. The Morgan fingerprint density at radius 2 is 1.40 bits per heavy atom. The van der Waals surface area contributed by atoms with E-state index < -0.39 is 0 Å². The Labute approximate surface area is 60.7 Å². The lowest BCUT2D eigenvalue weighted by molar-refractivity contribution is -0.344. The van der Waals surface area contributed by atoms with Gasteiger partial charge in [-0.1, -0.05) is 25.0 Å². The fourth-order valence-corrected chi connectivity index (χ4v) is 1.43. The Morgan fingerprint density at radius 3 is 1.80 bits per heavy atom. The average molecular weight is 140 g/mol. The second kappa shape index (κ2) is 2.72. The molecule has 0 aromatic rings. The predicted molar refractivity (Wildman–Crippen MR) is 37.4 cm³/mol. The minimum Gasteiger partial charge on any atom is -0.229 e. The summed E-state index contributed by atoms with van der Waals surface area (Å²) in [5, 5.41) is 0. The molecule has 0 radical (unpaired) electrons. The fraction of sp³-hybridized carbons (Fsp3) is 0.750. The summed E-state index contributed by atoms with van der Waals surface area (Å²) in [7, 11) is 0. The summed E-state index contributed by atoms with van der Waals surface area (Å²) in [6.45, 7) is 0. The van der Waals surface area contributed by atoms with Crippen molar-refractivity contribution in [2.45, 2.75) is 37.9 Å². The topological polar surface area (TPSA) is 18.5 Å². The van der Waals surface area contributed by atoms with E-state index in [4.69, 9.17) is 9.78 Å². The maximum Gasteiger partial charge on any atom is 0.111 e. The van der Waals surface area contributed by atoms with E-state index in [0.29, 0.717) is 0 Å². The van der Waals surface area contributed by atoms with Gasteiger partial charge in [0.1, 0.15) is 12.2 Å². The average Bonchev–Trinajstić information content (AvgIpc) is 1.89. The van der Waals surface area contributed by atoms with E-state index in [1.54, 1.807) is 0 Å². The third-order valence-corrected chi connectivity index (χ3v) is 2.07. The van der Waals surface area contributed by atoms with Crippen LogP contribution in [0.4, 0.5) is 0 Å². The monoisotopic (exact) mass is 140 g/mol. The normalized spacial score (nSPS) is 39.2. The maximum atomic E-state index is 5.10. The molecule has 2 heteroatoms. The van der Waals surface area contributed by atoms with Crippen molar-refractivity contribution in [3.8, 4) is 0 Å². The highest BCUT2D eigenvalue weighted by Gasteiger charge is 2.19. The van der Waals surface area contributed by atoms with Crippen LogP contribution in [-0.4, -0.2) is 12.2 Å². The molecule has 2 aliphatic heterocycles. The molecule has 56 valence electrons. The molecule has 0 unspecified atom stereocenters. The van der Waals surface area contributed by atoms with Crippen LogP contribution < -0.4 is 0 Å². The van der Waals surface area contributed by atoms with Crippen LogP contribution in [-0.2, 0) is 9.78 Å². The molecule has 2 nitrogen and oxygen atoms in total. The Bertz CT molecular complexity index is 126. The lowest BCUT2D eigenvalue weighted by Gasteiger charge is -2.25. The molecule has 0 amide bonds. The van der Waals surface area contributed by atoms with Gasteiger partial charge in [0.15, 0.2) is 0 Å². The van der Waals surface area contributed by atoms with Crippen LogP contribution >= 0.6 is 0 Å². The first-order valence-electron chi connectivity index (χ1n) is 3.95. The van der Waals surface area contributed by atoms with Crippen LogP contribution in [0.2, 0.25) is 0 Å². The van der Waals surface area contributed by atoms with E-state index in [1.165, 1.54) is 12.8 Å². The van der Waals surface area contributed by atoms with Crippen molar-refractivity contribution in [2.75, 3.05) is 0 Å². The zero-order valence-electron chi connectivity index (χ0n) is 5.95. The highest BCUT2D eigenvalue weighted by Crippen LogP contribution is 2.22. The summed E-state index contributed by atoms with van der Waals surface area (Å²) < 4.78 is 0. The molecule has 0 aromatic heterocycles. The van der Waals surface area contributed by atoms with Crippen molar-refractivity contribution in [1.29, 1.82) is 0 Å². The number of hydrogen-bond acceptors (Lipinski definition) is 2. The van der Waals surface area contributed by atoms with Crippen molar-refractivity contribution >= 4 is 0 Å². The van der Waals surface area contributed by atoms with Gasteiger partial charge in [0.2, 0.25) is 0 Å². The van der Waals surface area contributed by atoms with Gasteiger partial charge in [0, 0.05) is 0 Å². The van der Waals surface area contributed by atoms with Gasteiger partial charge in [-0.15, -0.1) is 0 Å². The number of rotatable bonds is 0. The van der Waals surface area contributed by atoms with E-state index in [-0.39, 0.29) is 12.2 Å². The van der Waals surface area contributed by atoms with Gasteiger partial charge < -0.3 is 0 Å². The highest BCUT2D eigenvalue weighted by atomic mass is 17.2.